The van der Waals surface area contributed by atoms with Gasteiger partial charge in [0.25, 0.3) is 5.91 Å². The molecule has 100 valence electrons. The summed E-state index contributed by atoms with van der Waals surface area (Å²) in [6.45, 7) is 1.92. The first-order valence-electron chi connectivity index (χ1n) is 5.78. The first kappa shape index (κ1) is 15.3. The number of thioether (sulfide) groups is 1. The Morgan fingerprint density at radius 3 is 2.78 bits per heavy atom. The Kier molecular flexibility index (Phi) is 6.54. The van der Waals surface area contributed by atoms with Crippen molar-refractivity contribution in [3.05, 3.63) is 34.9 Å². The van der Waals surface area contributed by atoms with Crippen LogP contribution in [0, 0.1) is 0 Å². The molecule has 0 aliphatic carbocycles. The Labute approximate surface area is 117 Å². The maximum absolute atomic E-state index is 11.8. The summed E-state index contributed by atoms with van der Waals surface area (Å²) in [4.78, 5) is 11.8. The largest absolute Gasteiger partial charge is 0.378 e. The third-order valence-corrected chi connectivity index (χ3v) is 3.58. The van der Waals surface area contributed by atoms with E-state index in [1.807, 2.05) is 13.2 Å². The van der Waals surface area contributed by atoms with Gasteiger partial charge in [0.2, 0.25) is 0 Å². The smallest absolute Gasteiger partial charge is 0.253 e. The highest BCUT2D eigenvalue weighted by Gasteiger charge is 2.20. The van der Waals surface area contributed by atoms with Crippen molar-refractivity contribution in [2.75, 3.05) is 12.0 Å². The standard InChI is InChI=1S/C13H18ClNO2S/c1-9(7-8-18-2)15-13(17)12(16)10-5-3-4-6-11(10)14/h3-6,9,12,16H,7-8H2,1-2H3,(H,15,17)/t9?,12-/m1/s1. The molecule has 0 heterocycles. The second-order valence-electron chi connectivity index (χ2n) is 4.12. The van der Waals surface area contributed by atoms with Crippen molar-refractivity contribution >= 4 is 29.3 Å². The van der Waals surface area contributed by atoms with Crippen LogP contribution < -0.4 is 5.32 Å². The number of aliphatic hydroxyl groups excluding tert-OH is 1. The van der Waals surface area contributed by atoms with Crippen LogP contribution in [-0.4, -0.2) is 29.1 Å². The van der Waals surface area contributed by atoms with Gasteiger partial charge in [0.15, 0.2) is 6.10 Å². The van der Waals surface area contributed by atoms with E-state index in [9.17, 15) is 9.90 Å². The van der Waals surface area contributed by atoms with E-state index in [0.717, 1.165) is 12.2 Å². The van der Waals surface area contributed by atoms with Crippen LogP contribution >= 0.6 is 23.4 Å². The predicted octanol–water partition coefficient (Wildman–Crippen LogP) is 2.63. The zero-order chi connectivity index (χ0) is 13.5. The summed E-state index contributed by atoms with van der Waals surface area (Å²) in [6.07, 6.45) is 1.69. The molecule has 1 aromatic carbocycles. The molecule has 18 heavy (non-hydrogen) atoms. The molecule has 0 aliphatic rings. The SMILES string of the molecule is CSCCC(C)NC(=O)[C@H](O)c1ccccc1Cl. The Balaban J connectivity index is 2.59. The summed E-state index contributed by atoms with van der Waals surface area (Å²) in [7, 11) is 0. The number of halogens is 1. The van der Waals surface area contributed by atoms with Crippen LogP contribution in [0.4, 0.5) is 0 Å². The molecule has 5 heteroatoms. The van der Waals surface area contributed by atoms with E-state index in [2.05, 4.69) is 5.32 Å². The zero-order valence-electron chi connectivity index (χ0n) is 10.5. The third kappa shape index (κ3) is 4.52. The Hall–Kier alpha value is -0.710. The van der Waals surface area contributed by atoms with E-state index in [0.29, 0.717) is 10.6 Å². The average molecular weight is 288 g/mol. The first-order chi connectivity index (χ1) is 8.56. The normalized spacial score (nSPS) is 14.0. The molecule has 1 amide bonds. The summed E-state index contributed by atoms with van der Waals surface area (Å²) in [5.74, 6) is 0.570. The van der Waals surface area contributed by atoms with E-state index >= 15 is 0 Å². The fourth-order valence-corrected chi connectivity index (χ4v) is 2.36. The lowest BCUT2D eigenvalue weighted by Crippen LogP contribution is -2.36. The molecule has 0 saturated carbocycles. The molecule has 0 aromatic heterocycles. The first-order valence-corrected chi connectivity index (χ1v) is 7.55. The number of amides is 1. The quantitative estimate of drug-likeness (QED) is 0.846. The van der Waals surface area contributed by atoms with E-state index in [1.54, 1.807) is 36.0 Å². The van der Waals surface area contributed by atoms with E-state index in [4.69, 9.17) is 11.6 Å². The number of hydrogen-bond donors (Lipinski definition) is 2. The average Bonchev–Trinajstić information content (AvgIpc) is 2.36. The lowest BCUT2D eigenvalue weighted by atomic mass is 10.1. The number of carbonyl (C=O) groups is 1. The van der Waals surface area contributed by atoms with Crippen LogP contribution in [0.25, 0.3) is 0 Å². The van der Waals surface area contributed by atoms with Crippen LogP contribution in [0.3, 0.4) is 0 Å². The van der Waals surface area contributed by atoms with Gasteiger partial charge in [-0.2, -0.15) is 11.8 Å². The molecule has 0 aliphatic heterocycles. The van der Waals surface area contributed by atoms with Gasteiger partial charge in [0, 0.05) is 16.6 Å². The van der Waals surface area contributed by atoms with E-state index in [1.165, 1.54) is 0 Å². The minimum Gasteiger partial charge on any atom is -0.378 e. The fraction of sp³-hybridized carbons (Fsp3) is 0.462. The maximum Gasteiger partial charge on any atom is 0.253 e. The Morgan fingerprint density at radius 2 is 2.17 bits per heavy atom. The van der Waals surface area contributed by atoms with Gasteiger partial charge >= 0.3 is 0 Å². The minimum atomic E-state index is -1.21. The van der Waals surface area contributed by atoms with Crippen LogP contribution in [0.1, 0.15) is 25.0 Å². The predicted molar refractivity (Wildman–Crippen MR) is 77.0 cm³/mol. The van der Waals surface area contributed by atoms with Gasteiger partial charge in [-0.25, -0.2) is 0 Å². The number of benzene rings is 1. The van der Waals surface area contributed by atoms with Gasteiger partial charge in [0.05, 0.1) is 0 Å². The molecule has 0 radical (unpaired) electrons. The molecule has 0 spiro atoms. The zero-order valence-corrected chi connectivity index (χ0v) is 12.1. The monoisotopic (exact) mass is 287 g/mol. The van der Waals surface area contributed by atoms with E-state index in [-0.39, 0.29) is 6.04 Å². The third-order valence-electron chi connectivity index (χ3n) is 2.59. The molecule has 1 rings (SSSR count). The highest BCUT2D eigenvalue weighted by Crippen LogP contribution is 2.22. The van der Waals surface area contributed by atoms with Gasteiger partial charge in [-0.15, -0.1) is 0 Å². The summed E-state index contributed by atoms with van der Waals surface area (Å²) in [5, 5.41) is 13.1. The molecule has 0 saturated heterocycles. The molecule has 3 nitrogen and oxygen atoms in total. The topological polar surface area (TPSA) is 49.3 Å². The number of rotatable bonds is 6. The number of carbonyl (C=O) groups excluding carboxylic acids is 1. The molecular weight excluding hydrogens is 270 g/mol. The summed E-state index contributed by atoms with van der Waals surface area (Å²) in [6, 6.07) is 6.86. The van der Waals surface area contributed by atoms with Crippen molar-refractivity contribution in [1.29, 1.82) is 0 Å². The molecule has 2 N–H and O–H groups in total. The Bertz CT molecular complexity index is 400. The second kappa shape index (κ2) is 7.67. The van der Waals surface area contributed by atoms with Crippen molar-refractivity contribution < 1.29 is 9.90 Å². The van der Waals surface area contributed by atoms with Gasteiger partial charge in [-0.3, -0.25) is 4.79 Å². The lowest BCUT2D eigenvalue weighted by molar-refractivity contribution is -0.130. The van der Waals surface area contributed by atoms with Gasteiger partial charge in [-0.05, 0) is 31.4 Å². The van der Waals surface area contributed by atoms with Gasteiger partial charge < -0.3 is 10.4 Å². The minimum absolute atomic E-state index is 0.0436. The van der Waals surface area contributed by atoms with Crippen LogP contribution in [0.2, 0.25) is 5.02 Å². The molecular formula is C13H18ClNO2S. The number of aliphatic hydroxyl groups is 1. The van der Waals surface area contributed by atoms with Crippen LogP contribution in [0.15, 0.2) is 24.3 Å². The molecule has 1 aromatic rings. The highest BCUT2D eigenvalue weighted by atomic mass is 35.5. The number of nitrogens with one attached hydrogen (secondary N) is 1. The van der Waals surface area contributed by atoms with Crippen molar-refractivity contribution in [1.82, 2.24) is 5.32 Å². The molecule has 0 bridgehead atoms. The van der Waals surface area contributed by atoms with Crippen LogP contribution in [-0.2, 0) is 4.79 Å². The molecule has 0 fully saturated rings. The maximum atomic E-state index is 11.8. The fourth-order valence-electron chi connectivity index (χ4n) is 1.53. The van der Waals surface area contributed by atoms with Crippen molar-refractivity contribution in [3.8, 4) is 0 Å². The number of hydrogen-bond acceptors (Lipinski definition) is 3. The van der Waals surface area contributed by atoms with Crippen molar-refractivity contribution in [3.63, 3.8) is 0 Å². The van der Waals surface area contributed by atoms with Crippen LogP contribution in [0.5, 0.6) is 0 Å². The second-order valence-corrected chi connectivity index (χ2v) is 5.51. The summed E-state index contributed by atoms with van der Waals surface area (Å²) >= 11 is 7.67. The Morgan fingerprint density at radius 1 is 1.50 bits per heavy atom. The molecule has 1 unspecified atom stereocenters. The molecule has 2 atom stereocenters. The van der Waals surface area contributed by atoms with Gasteiger partial charge in [-0.1, -0.05) is 29.8 Å². The highest BCUT2D eigenvalue weighted by molar-refractivity contribution is 7.98. The van der Waals surface area contributed by atoms with E-state index < -0.39 is 12.0 Å². The summed E-state index contributed by atoms with van der Waals surface area (Å²) in [5.41, 5.74) is 0.439. The van der Waals surface area contributed by atoms with Gasteiger partial charge in [0.1, 0.15) is 0 Å². The van der Waals surface area contributed by atoms with Crippen molar-refractivity contribution in [2.45, 2.75) is 25.5 Å². The lowest BCUT2D eigenvalue weighted by Gasteiger charge is -2.17. The van der Waals surface area contributed by atoms with Crippen molar-refractivity contribution in [2.24, 2.45) is 0 Å². The summed E-state index contributed by atoms with van der Waals surface area (Å²) < 4.78 is 0.